The average molecular weight is 484 g/mol. The second-order valence-corrected chi connectivity index (χ2v) is 10.9. The molecule has 0 amide bonds. The predicted molar refractivity (Wildman–Crippen MR) is 131 cm³/mol. The van der Waals surface area contributed by atoms with Crippen LogP contribution in [0.25, 0.3) is 5.69 Å². The Morgan fingerprint density at radius 3 is 2.21 bits per heavy atom. The van der Waals surface area contributed by atoms with Crippen molar-refractivity contribution in [1.82, 2.24) is 13.8 Å². The molecule has 0 bridgehead atoms. The van der Waals surface area contributed by atoms with Crippen LogP contribution in [0.1, 0.15) is 32.9 Å². The molecule has 0 unspecified atom stereocenters. The molecular weight excluding hydrogens is 453 g/mol. The summed E-state index contributed by atoms with van der Waals surface area (Å²) in [6, 6.07) is 13.5. The highest BCUT2D eigenvalue weighted by atomic mass is 32.2. The maximum atomic E-state index is 13.3. The third-order valence-electron chi connectivity index (χ3n) is 6.48. The number of rotatable bonds is 6. The van der Waals surface area contributed by atoms with Crippen LogP contribution in [0.5, 0.6) is 0 Å². The summed E-state index contributed by atoms with van der Waals surface area (Å²) in [5.74, 6) is -0.312. The van der Waals surface area contributed by atoms with Crippen LogP contribution in [0.2, 0.25) is 0 Å². The zero-order chi connectivity index (χ0) is 24.6. The number of aryl methyl sites for hydroxylation is 3. The smallest absolute Gasteiger partial charge is 0.243 e. The van der Waals surface area contributed by atoms with Gasteiger partial charge in [-0.2, -0.15) is 4.31 Å². The third-order valence-corrected chi connectivity index (χ3v) is 8.52. The second kappa shape index (κ2) is 9.44. The van der Waals surface area contributed by atoms with E-state index in [-0.39, 0.29) is 18.1 Å². The number of halogens is 1. The van der Waals surface area contributed by atoms with E-state index in [0.717, 1.165) is 28.2 Å². The zero-order valence-corrected chi connectivity index (χ0v) is 20.8. The summed E-state index contributed by atoms with van der Waals surface area (Å²) in [6.45, 7) is 9.40. The van der Waals surface area contributed by atoms with Crippen molar-refractivity contribution in [2.24, 2.45) is 0 Å². The molecule has 0 saturated carbocycles. The maximum absolute atomic E-state index is 13.3. The van der Waals surface area contributed by atoms with Crippen molar-refractivity contribution in [2.75, 3.05) is 32.7 Å². The number of benzene rings is 2. The lowest BCUT2D eigenvalue weighted by molar-refractivity contribution is 0.0901. The molecule has 2 aromatic carbocycles. The van der Waals surface area contributed by atoms with Gasteiger partial charge in [0, 0.05) is 48.8 Å². The fourth-order valence-electron chi connectivity index (χ4n) is 4.57. The van der Waals surface area contributed by atoms with Crippen molar-refractivity contribution >= 4 is 15.8 Å². The molecule has 1 fully saturated rings. The molecule has 2 heterocycles. The van der Waals surface area contributed by atoms with Crippen molar-refractivity contribution in [3.05, 3.63) is 82.4 Å². The quantitative estimate of drug-likeness (QED) is 0.497. The first-order valence-corrected chi connectivity index (χ1v) is 12.8. The Labute approximate surface area is 200 Å². The van der Waals surface area contributed by atoms with Crippen molar-refractivity contribution in [3.8, 4) is 5.69 Å². The lowest BCUT2D eigenvalue weighted by atomic mass is 10.1. The summed E-state index contributed by atoms with van der Waals surface area (Å²) < 4.78 is 43.1. The molecule has 1 aromatic heterocycles. The molecule has 1 saturated heterocycles. The van der Waals surface area contributed by atoms with Crippen LogP contribution >= 0.6 is 0 Å². The molecule has 0 spiro atoms. The molecular formula is C26H30FN3O3S. The van der Waals surface area contributed by atoms with Gasteiger partial charge in [-0.15, -0.1) is 0 Å². The predicted octanol–water partition coefficient (Wildman–Crippen LogP) is 4.04. The number of piperazine rings is 1. The summed E-state index contributed by atoms with van der Waals surface area (Å²) in [4.78, 5) is 15.5. The van der Waals surface area contributed by atoms with Gasteiger partial charge in [-0.25, -0.2) is 12.8 Å². The number of hydrogen-bond acceptors (Lipinski definition) is 4. The topological polar surface area (TPSA) is 62.6 Å². The molecule has 4 rings (SSSR count). The van der Waals surface area contributed by atoms with E-state index >= 15 is 0 Å². The van der Waals surface area contributed by atoms with Crippen LogP contribution in [0.15, 0.2) is 53.4 Å². The number of nitrogens with zero attached hydrogens (tertiary/aromatic N) is 3. The lowest BCUT2D eigenvalue weighted by Crippen LogP contribution is -2.49. The van der Waals surface area contributed by atoms with Crippen molar-refractivity contribution in [3.63, 3.8) is 0 Å². The number of Topliss-reactive ketones (excluding diaryl/α,β-unsaturated/α-hetero) is 1. The molecule has 0 N–H and O–H groups in total. The van der Waals surface area contributed by atoms with Gasteiger partial charge in [-0.3, -0.25) is 9.69 Å². The van der Waals surface area contributed by atoms with E-state index in [2.05, 4.69) is 0 Å². The maximum Gasteiger partial charge on any atom is 0.243 e. The fourth-order valence-corrected chi connectivity index (χ4v) is 6.31. The Hall–Kier alpha value is -2.81. The first kappa shape index (κ1) is 24.3. The molecule has 1 aliphatic heterocycles. The average Bonchev–Trinajstić information content (AvgIpc) is 3.10. The third kappa shape index (κ3) is 4.71. The Kier molecular flexibility index (Phi) is 6.75. The van der Waals surface area contributed by atoms with E-state index in [1.807, 2.05) is 55.4 Å². The van der Waals surface area contributed by atoms with Gasteiger partial charge in [-0.05, 0) is 75.2 Å². The summed E-state index contributed by atoms with van der Waals surface area (Å²) >= 11 is 0. The van der Waals surface area contributed by atoms with Crippen LogP contribution in [-0.2, 0) is 10.0 Å². The number of ketones is 1. The molecule has 0 radical (unpaired) electrons. The van der Waals surface area contributed by atoms with Crippen LogP contribution < -0.4 is 0 Å². The monoisotopic (exact) mass is 483 g/mol. The molecule has 0 atom stereocenters. The van der Waals surface area contributed by atoms with Gasteiger partial charge in [0.1, 0.15) is 5.82 Å². The van der Waals surface area contributed by atoms with Crippen LogP contribution in [-0.4, -0.2) is 60.7 Å². The Morgan fingerprint density at radius 2 is 1.56 bits per heavy atom. The SMILES string of the molecule is Cc1ccc(C)c(S(=O)(=O)N2CCN(CC(=O)c3cc(C)n(-c4ccc(F)cc4)c3C)CC2)c1. The zero-order valence-electron chi connectivity index (χ0n) is 20.0. The fraction of sp³-hybridized carbons (Fsp3) is 0.346. The molecule has 3 aromatic rings. The second-order valence-electron chi connectivity index (χ2n) is 8.97. The van der Waals surface area contributed by atoms with Crippen LogP contribution in [0.3, 0.4) is 0 Å². The van der Waals surface area contributed by atoms with Gasteiger partial charge in [-0.1, -0.05) is 12.1 Å². The minimum atomic E-state index is -3.57. The number of hydrogen-bond donors (Lipinski definition) is 0. The van der Waals surface area contributed by atoms with E-state index in [4.69, 9.17) is 0 Å². The molecule has 8 heteroatoms. The number of sulfonamides is 1. The first-order chi connectivity index (χ1) is 16.1. The number of carbonyl (C=O) groups is 1. The van der Waals surface area contributed by atoms with Crippen molar-refractivity contribution in [2.45, 2.75) is 32.6 Å². The highest BCUT2D eigenvalue weighted by Crippen LogP contribution is 2.24. The number of carbonyl (C=O) groups excluding carboxylic acids is 1. The normalized spacial score (nSPS) is 15.6. The van der Waals surface area contributed by atoms with E-state index in [1.54, 1.807) is 18.2 Å². The minimum Gasteiger partial charge on any atom is -0.318 e. The Balaban J connectivity index is 1.44. The van der Waals surface area contributed by atoms with E-state index in [1.165, 1.54) is 16.4 Å². The largest absolute Gasteiger partial charge is 0.318 e. The van der Waals surface area contributed by atoms with E-state index < -0.39 is 10.0 Å². The summed E-state index contributed by atoms with van der Waals surface area (Å²) in [6.07, 6.45) is 0. The van der Waals surface area contributed by atoms with Gasteiger partial charge in [0.15, 0.2) is 5.78 Å². The Morgan fingerprint density at radius 1 is 0.912 bits per heavy atom. The van der Waals surface area contributed by atoms with E-state index in [0.29, 0.717) is 36.6 Å². The molecule has 1 aliphatic rings. The van der Waals surface area contributed by atoms with Gasteiger partial charge in [0.25, 0.3) is 0 Å². The Bertz CT molecular complexity index is 1320. The minimum absolute atomic E-state index is 0.00713. The van der Waals surface area contributed by atoms with Crippen molar-refractivity contribution < 1.29 is 17.6 Å². The first-order valence-electron chi connectivity index (χ1n) is 11.4. The molecule has 6 nitrogen and oxygen atoms in total. The van der Waals surface area contributed by atoms with Gasteiger partial charge >= 0.3 is 0 Å². The van der Waals surface area contributed by atoms with Gasteiger partial charge < -0.3 is 4.57 Å². The highest BCUT2D eigenvalue weighted by molar-refractivity contribution is 7.89. The van der Waals surface area contributed by atoms with Gasteiger partial charge in [0.2, 0.25) is 10.0 Å². The molecule has 180 valence electrons. The molecule has 0 aliphatic carbocycles. The molecule has 34 heavy (non-hydrogen) atoms. The summed E-state index contributed by atoms with van der Waals surface area (Å²) in [5, 5.41) is 0. The number of aromatic nitrogens is 1. The van der Waals surface area contributed by atoms with Crippen LogP contribution in [0.4, 0.5) is 4.39 Å². The van der Waals surface area contributed by atoms with E-state index in [9.17, 15) is 17.6 Å². The highest BCUT2D eigenvalue weighted by Gasteiger charge is 2.30. The van der Waals surface area contributed by atoms with Gasteiger partial charge in [0.05, 0.1) is 11.4 Å². The van der Waals surface area contributed by atoms with Crippen LogP contribution in [0, 0.1) is 33.5 Å². The standard InChI is InChI=1S/C26H30FN3O3S/c1-18-5-6-19(2)26(15-18)34(32,33)29-13-11-28(12-14-29)17-25(31)24-16-20(3)30(21(24)4)23-9-7-22(27)8-10-23/h5-10,15-16H,11-14,17H2,1-4H3. The summed E-state index contributed by atoms with van der Waals surface area (Å²) in [5.41, 5.74) is 4.79. The summed E-state index contributed by atoms with van der Waals surface area (Å²) in [7, 11) is -3.57. The van der Waals surface area contributed by atoms with Crippen molar-refractivity contribution in [1.29, 1.82) is 0 Å². The lowest BCUT2D eigenvalue weighted by Gasteiger charge is -2.33.